The van der Waals surface area contributed by atoms with Gasteiger partial charge < -0.3 is 9.52 Å². The standard InChI is InChI=1S/C21H16N2O5/c1-13-6-7-15(23(26)27)10-17(13)19-8-9-20(28-19)21(25)22-11-14(12-24)16-4-2-3-5-18(16)22/h2-11,24H,12H2,1H3. The second-order valence-corrected chi connectivity index (χ2v) is 6.42. The molecule has 0 aliphatic heterocycles. The number of nitrogens with zero attached hydrogens (tertiary/aromatic N) is 2. The number of rotatable bonds is 4. The zero-order valence-electron chi connectivity index (χ0n) is 15.0. The molecule has 2 aromatic heterocycles. The minimum atomic E-state index is -0.472. The first-order chi connectivity index (χ1) is 13.5. The van der Waals surface area contributed by atoms with Gasteiger partial charge in [-0.05, 0) is 30.7 Å². The Bertz CT molecular complexity index is 1220. The second kappa shape index (κ2) is 6.79. The summed E-state index contributed by atoms with van der Waals surface area (Å²) in [4.78, 5) is 23.5. The van der Waals surface area contributed by atoms with Crippen LogP contribution in [0.4, 0.5) is 5.69 Å². The molecule has 1 N–H and O–H groups in total. The van der Waals surface area contributed by atoms with Crippen LogP contribution in [0.15, 0.2) is 65.2 Å². The smallest absolute Gasteiger partial charge is 0.298 e. The van der Waals surface area contributed by atoms with Gasteiger partial charge in [0.1, 0.15) is 5.76 Å². The van der Waals surface area contributed by atoms with Crippen LogP contribution in [0.25, 0.3) is 22.2 Å². The Morgan fingerprint density at radius 2 is 1.96 bits per heavy atom. The van der Waals surface area contributed by atoms with Crippen LogP contribution in [0, 0.1) is 17.0 Å². The molecule has 0 saturated heterocycles. The van der Waals surface area contributed by atoms with Crippen LogP contribution in [-0.4, -0.2) is 20.5 Å². The number of nitro groups is 1. The van der Waals surface area contributed by atoms with Crippen LogP contribution in [0.1, 0.15) is 21.7 Å². The van der Waals surface area contributed by atoms with E-state index in [1.54, 1.807) is 30.5 Å². The summed E-state index contributed by atoms with van der Waals surface area (Å²) in [5.74, 6) is 0.0970. The summed E-state index contributed by atoms with van der Waals surface area (Å²) in [7, 11) is 0. The zero-order chi connectivity index (χ0) is 19.8. The largest absolute Gasteiger partial charge is 0.451 e. The summed E-state index contributed by atoms with van der Waals surface area (Å²) in [6.07, 6.45) is 1.59. The number of carbonyl (C=O) groups excluding carboxylic acids is 1. The molecule has 4 rings (SSSR count). The minimum Gasteiger partial charge on any atom is -0.451 e. The van der Waals surface area contributed by atoms with Crippen molar-refractivity contribution in [2.75, 3.05) is 0 Å². The molecule has 4 aromatic rings. The number of non-ortho nitro benzene ring substituents is 1. The monoisotopic (exact) mass is 376 g/mol. The number of hydrogen-bond acceptors (Lipinski definition) is 5. The fourth-order valence-corrected chi connectivity index (χ4v) is 3.25. The maximum absolute atomic E-state index is 13.0. The first-order valence-electron chi connectivity index (χ1n) is 8.59. The lowest BCUT2D eigenvalue weighted by Gasteiger charge is -2.03. The third-order valence-corrected chi connectivity index (χ3v) is 4.70. The molecule has 28 heavy (non-hydrogen) atoms. The number of carbonyl (C=O) groups is 1. The SMILES string of the molecule is Cc1ccc([N+](=O)[O-])cc1-c1ccc(C(=O)n2cc(CO)c3ccccc32)o1. The molecule has 0 bridgehead atoms. The zero-order valence-corrected chi connectivity index (χ0v) is 15.0. The van der Waals surface area contributed by atoms with E-state index in [1.165, 1.54) is 16.7 Å². The maximum atomic E-state index is 13.0. The van der Waals surface area contributed by atoms with E-state index in [-0.39, 0.29) is 24.0 Å². The van der Waals surface area contributed by atoms with E-state index >= 15 is 0 Å². The first kappa shape index (κ1) is 17.7. The number of aliphatic hydroxyl groups excluding tert-OH is 1. The summed E-state index contributed by atoms with van der Waals surface area (Å²) in [6, 6.07) is 14.9. The predicted octanol–water partition coefficient (Wildman–Crippen LogP) is 4.30. The Morgan fingerprint density at radius 3 is 2.71 bits per heavy atom. The van der Waals surface area contributed by atoms with Crippen LogP contribution in [-0.2, 0) is 6.61 Å². The van der Waals surface area contributed by atoms with Crippen LogP contribution in [0.5, 0.6) is 0 Å². The van der Waals surface area contributed by atoms with Crippen LogP contribution >= 0.6 is 0 Å². The number of benzene rings is 2. The highest BCUT2D eigenvalue weighted by Gasteiger charge is 2.19. The quantitative estimate of drug-likeness (QED) is 0.423. The van der Waals surface area contributed by atoms with Crippen molar-refractivity contribution in [2.24, 2.45) is 0 Å². The van der Waals surface area contributed by atoms with Crippen molar-refractivity contribution >= 4 is 22.5 Å². The number of aromatic nitrogens is 1. The van der Waals surface area contributed by atoms with Crippen molar-refractivity contribution in [2.45, 2.75) is 13.5 Å². The van der Waals surface area contributed by atoms with Gasteiger partial charge in [0.2, 0.25) is 0 Å². The van der Waals surface area contributed by atoms with Gasteiger partial charge >= 0.3 is 0 Å². The summed E-state index contributed by atoms with van der Waals surface area (Å²) >= 11 is 0. The fourth-order valence-electron chi connectivity index (χ4n) is 3.25. The van der Waals surface area contributed by atoms with E-state index in [9.17, 15) is 20.0 Å². The Balaban J connectivity index is 1.76. The molecule has 0 atom stereocenters. The van der Waals surface area contributed by atoms with Gasteiger partial charge in [-0.1, -0.05) is 24.3 Å². The number of hydrogen-bond donors (Lipinski definition) is 1. The number of furan rings is 1. The maximum Gasteiger partial charge on any atom is 0.298 e. The minimum absolute atomic E-state index is 0.0473. The van der Waals surface area contributed by atoms with Crippen molar-refractivity contribution in [3.05, 3.63) is 87.8 Å². The average Bonchev–Trinajstić information content (AvgIpc) is 3.33. The molecule has 0 radical (unpaired) electrons. The summed E-state index contributed by atoms with van der Waals surface area (Å²) in [6.45, 7) is 1.63. The van der Waals surface area contributed by atoms with Crippen molar-refractivity contribution in [3.8, 4) is 11.3 Å². The van der Waals surface area contributed by atoms with Gasteiger partial charge in [0.15, 0.2) is 5.76 Å². The second-order valence-electron chi connectivity index (χ2n) is 6.42. The highest BCUT2D eigenvalue weighted by Crippen LogP contribution is 2.30. The first-order valence-corrected chi connectivity index (χ1v) is 8.59. The van der Waals surface area contributed by atoms with Gasteiger partial charge in [0, 0.05) is 34.8 Å². The van der Waals surface area contributed by atoms with Crippen LogP contribution < -0.4 is 0 Å². The summed E-state index contributed by atoms with van der Waals surface area (Å²) < 4.78 is 7.17. The van der Waals surface area contributed by atoms with E-state index in [0.29, 0.717) is 22.4 Å². The lowest BCUT2D eigenvalue weighted by atomic mass is 10.1. The van der Waals surface area contributed by atoms with Gasteiger partial charge in [0.05, 0.1) is 17.0 Å². The van der Waals surface area contributed by atoms with Gasteiger partial charge in [-0.2, -0.15) is 0 Å². The van der Waals surface area contributed by atoms with E-state index in [2.05, 4.69) is 0 Å². The molecule has 7 nitrogen and oxygen atoms in total. The lowest BCUT2D eigenvalue weighted by Crippen LogP contribution is -2.09. The molecular formula is C21H16N2O5. The van der Waals surface area contributed by atoms with E-state index < -0.39 is 4.92 Å². The van der Waals surface area contributed by atoms with E-state index in [1.807, 2.05) is 25.1 Å². The highest BCUT2D eigenvalue weighted by molar-refractivity contribution is 6.01. The predicted molar refractivity (Wildman–Crippen MR) is 103 cm³/mol. The third kappa shape index (κ3) is 2.87. The topological polar surface area (TPSA) is 98.5 Å². The Labute approximate surface area is 159 Å². The van der Waals surface area contributed by atoms with Gasteiger partial charge in [-0.15, -0.1) is 0 Å². The summed E-state index contributed by atoms with van der Waals surface area (Å²) in [5.41, 5.74) is 2.62. The molecule has 0 unspecified atom stereocenters. The molecule has 0 amide bonds. The molecule has 0 fully saturated rings. The van der Waals surface area contributed by atoms with Crippen molar-refractivity contribution in [1.82, 2.24) is 4.57 Å². The Kier molecular flexibility index (Phi) is 4.29. The Hall–Kier alpha value is -3.71. The molecular weight excluding hydrogens is 360 g/mol. The molecule has 0 spiro atoms. The molecule has 140 valence electrons. The fraction of sp³-hybridized carbons (Fsp3) is 0.0952. The Morgan fingerprint density at radius 1 is 1.18 bits per heavy atom. The van der Waals surface area contributed by atoms with E-state index in [0.717, 1.165) is 10.9 Å². The number of nitro benzene ring substituents is 1. The number of aryl methyl sites for hydroxylation is 1. The van der Waals surface area contributed by atoms with E-state index in [4.69, 9.17) is 4.42 Å². The molecule has 0 aliphatic rings. The number of aliphatic hydroxyl groups is 1. The van der Waals surface area contributed by atoms with Crippen LogP contribution in [0.3, 0.4) is 0 Å². The normalized spacial score (nSPS) is 11.1. The number of para-hydroxylation sites is 1. The lowest BCUT2D eigenvalue weighted by molar-refractivity contribution is -0.384. The molecule has 2 aromatic carbocycles. The van der Waals surface area contributed by atoms with Gasteiger partial charge in [-0.3, -0.25) is 19.5 Å². The highest BCUT2D eigenvalue weighted by atomic mass is 16.6. The third-order valence-electron chi connectivity index (χ3n) is 4.70. The van der Waals surface area contributed by atoms with Crippen molar-refractivity contribution < 1.29 is 19.2 Å². The molecule has 7 heteroatoms. The average molecular weight is 376 g/mol. The van der Waals surface area contributed by atoms with Crippen LogP contribution in [0.2, 0.25) is 0 Å². The van der Waals surface area contributed by atoms with Gasteiger partial charge in [0.25, 0.3) is 11.6 Å². The molecule has 2 heterocycles. The van der Waals surface area contributed by atoms with Crippen molar-refractivity contribution in [1.29, 1.82) is 0 Å². The van der Waals surface area contributed by atoms with Gasteiger partial charge in [-0.25, -0.2) is 0 Å². The summed E-state index contributed by atoms with van der Waals surface area (Å²) in [5, 5.41) is 21.4. The molecule has 0 saturated carbocycles. The van der Waals surface area contributed by atoms with Crippen molar-refractivity contribution in [3.63, 3.8) is 0 Å². The molecule has 0 aliphatic carbocycles. The number of fused-ring (bicyclic) bond motifs is 1.